The number of furan rings is 1. The van der Waals surface area contributed by atoms with Gasteiger partial charge in [-0.2, -0.15) is 0 Å². The van der Waals surface area contributed by atoms with Crippen molar-refractivity contribution >= 4 is 11.6 Å². The summed E-state index contributed by atoms with van der Waals surface area (Å²) in [6.07, 6.45) is 4.58. The minimum atomic E-state index is 0.0416. The molecule has 0 aliphatic carbocycles. The molecule has 1 unspecified atom stereocenters. The molecule has 1 aromatic carbocycles. The zero-order chi connectivity index (χ0) is 12.8. The number of hydrogen-bond acceptors (Lipinski definition) is 3. The molecule has 2 aromatic rings. The molecular formula is C14H17ClN2O. The van der Waals surface area contributed by atoms with E-state index >= 15 is 0 Å². The molecule has 18 heavy (non-hydrogen) atoms. The Labute approximate surface area is 112 Å². The van der Waals surface area contributed by atoms with Crippen LogP contribution in [0.1, 0.15) is 30.0 Å². The van der Waals surface area contributed by atoms with Gasteiger partial charge in [-0.05, 0) is 42.5 Å². The maximum atomic E-state index is 5.95. The first-order valence-corrected chi connectivity index (χ1v) is 6.42. The van der Waals surface area contributed by atoms with Gasteiger partial charge in [-0.1, -0.05) is 30.3 Å². The highest BCUT2D eigenvalue weighted by Gasteiger charge is 2.15. The molecule has 1 heterocycles. The fourth-order valence-electron chi connectivity index (χ4n) is 2.04. The lowest BCUT2D eigenvalue weighted by atomic mass is 10.0. The van der Waals surface area contributed by atoms with Gasteiger partial charge in [0.15, 0.2) is 5.22 Å². The number of rotatable bonds is 6. The molecule has 0 bridgehead atoms. The Morgan fingerprint density at radius 2 is 2.00 bits per heavy atom. The molecule has 0 saturated heterocycles. The van der Waals surface area contributed by atoms with Crippen molar-refractivity contribution in [3.63, 3.8) is 0 Å². The van der Waals surface area contributed by atoms with Gasteiger partial charge in [0.05, 0.1) is 12.3 Å². The average Bonchev–Trinajstić information content (AvgIpc) is 2.82. The molecule has 0 saturated carbocycles. The Morgan fingerprint density at radius 3 is 2.61 bits per heavy atom. The van der Waals surface area contributed by atoms with Gasteiger partial charge < -0.3 is 4.42 Å². The molecule has 0 aliphatic heterocycles. The normalized spacial score (nSPS) is 12.6. The molecule has 0 radical (unpaired) electrons. The summed E-state index contributed by atoms with van der Waals surface area (Å²) >= 11 is 5.95. The summed E-state index contributed by atoms with van der Waals surface area (Å²) in [7, 11) is 0. The van der Waals surface area contributed by atoms with Crippen LogP contribution in [0.25, 0.3) is 0 Å². The van der Waals surface area contributed by atoms with E-state index in [0.717, 1.165) is 24.8 Å². The minimum Gasteiger partial charge on any atom is -0.453 e. The lowest BCUT2D eigenvalue weighted by Gasteiger charge is -2.14. The lowest BCUT2D eigenvalue weighted by molar-refractivity contribution is 0.488. The summed E-state index contributed by atoms with van der Waals surface area (Å²) in [5.41, 5.74) is 5.05. The van der Waals surface area contributed by atoms with E-state index < -0.39 is 0 Å². The molecule has 1 atom stereocenters. The smallest absolute Gasteiger partial charge is 0.197 e. The highest BCUT2D eigenvalue weighted by atomic mass is 35.5. The van der Waals surface area contributed by atoms with Crippen LogP contribution in [0.15, 0.2) is 47.1 Å². The number of aryl methyl sites for hydroxylation is 1. The van der Waals surface area contributed by atoms with Crippen LogP contribution in [0, 0.1) is 0 Å². The molecular weight excluding hydrogens is 248 g/mol. The van der Waals surface area contributed by atoms with Crippen molar-refractivity contribution in [1.82, 2.24) is 5.43 Å². The highest BCUT2D eigenvalue weighted by molar-refractivity contribution is 6.29. The van der Waals surface area contributed by atoms with Gasteiger partial charge in [0, 0.05) is 5.56 Å². The van der Waals surface area contributed by atoms with Crippen LogP contribution in [0.4, 0.5) is 0 Å². The first-order valence-electron chi connectivity index (χ1n) is 6.04. The van der Waals surface area contributed by atoms with Crippen LogP contribution >= 0.6 is 11.6 Å². The molecule has 0 aliphatic rings. The van der Waals surface area contributed by atoms with E-state index in [1.54, 1.807) is 6.26 Å². The number of nitrogens with two attached hydrogens (primary N) is 1. The van der Waals surface area contributed by atoms with Crippen molar-refractivity contribution in [3.05, 3.63) is 59.0 Å². The topological polar surface area (TPSA) is 51.2 Å². The maximum absolute atomic E-state index is 5.95. The number of hydrogen-bond donors (Lipinski definition) is 2. The second-order valence-corrected chi connectivity index (χ2v) is 4.59. The first kappa shape index (κ1) is 13.1. The molecule has 0 amide bonds. The van der Waals surface area contributed by atoms with Gasteiger partial charge in [0.25, 0.3) is 0 Å². The third-order valence-corrected chi connectivity index (χ3v) is 3.33. The molecule has 0 spiro atoms. The van der Waals surface area contributed by atoms with Crippen molar-refractivity contribution in [2.24, 2.45) is 5.84 Å². The number of hydrazine groups is 1. The predicted octanol–water partition coefficient (Wildman–Crippen LogP) is 3.46. The van der Waals surface area contributed by atoms with Gasteiger partial charge in [-0.3, -0.25) is 11.3 Å². The molecule has 96 valence electrons. The van der Waals surface area contributed by atoms with E-state index in [0.29, 0.717) is 5.22 Å². The molecule has 3 nitrogen and oxygen atoms in total. The zero-order valence-electron chi connectivity index (χ0n) is 10.1. The van der Waals surface area contributed by atoms with Gasteiger partial charge in [-0.15, -0.1) is 0 Å². The standard InChI is InChI=1S/C14H17ClN2O/c15-14-12(9-10-18-14)13(17-16)8-4-7-11-5-2-1-3-6-11/h1-3,5-6,9-10,13,17H,4,7-8,16H2. The van der Waals surface area contributed by atoms with E-state index in [2.05, 4.69) is 29.7 Å². The highest BCUT2D eigenvalue weighted by Crippen LogP contribution is 2.27. The number of nitrogens with one attached hydrogen (secondary N) is 1. The quantitative estimate of drug-likeness (QED) is 0.621. The fraction of sp³-hybridized carbons (Fsp3) is 0.286. The number of benzene rings is 1. The van der Waals surface area contributed by atoms with Crippen LogP contribution in [-0.4, -0.2) is 0 Å². The Balaban J connectivity index is 1.87. The maximum Gasteiger partial charge on any atom is 0.197 e. The Morgan fingerprint density at radius 1 is 1.22 bits per heavy atom. The van der Waals surface area contributed by atoms with Crippen LogP contribution in [-0.2, 0) is 6.42 Å². The van der Waals surface area contributed by atoms with Crippen LogP contribution in [0.2, 0.25) is 5.22 Å². The largest absolute Gasteiger partial charge is 0.453 e. The zero-order valence-corrected chi connectivity index (χ0v) is 10.9. The fourth-order valence-corrected chi connectivity index (χ4v) is 2.28. The average molecular weight is 265 g/mol. The van der Waals surface area contributed by atoms with Gasteiger partial charge in [-0.25, -0.2) is 0 Å². The summed E-state index contributed by atoms with van der Waals surface area (Å²) in [5, 5.41) is 0.415. The van der Waals surface area contributed by atoms with Crippen molar-refractivity contribution in [3.8, 4) is 0 Å². The van der Waals surface area contributed by atoms with Crippen molar-refractivity contribution in [2.45, 2.75) is 25.3 Å². The molecule has 0 fully saturated rings. The van der Waals surface area contributed by atoms with E-state index in [4.69, 9.17) is 21.9 Å². The lowest BCUT2D eigenvalue weighted by Crippen LogP contribution is -2.28. The summed E-state index contributed by atoms with van der Waals surface area (Å²) in [6.45, 7) is 0. The van der Waals surface area contributed by atoms with Crippen molar-refractivity contribution in [2.75, 3.05) is 0 Å². The molecule has 3 N–H and O–H groups in total. The third-order valence-electron chi connectivity index (χ3n) is 3.02. The summed E-state index contributed by atoms with van der Waals surface area (Å²) in [6, 6.07) is 12.3. The van der Waals surface area contributed by atoms with Gasteiger partial charge >= 0.3 is 0 Å². The van der Waals surface area contributed by atoms with Gasteiger partial charge in [0.1, 0.15) is 0 Å². The predicted molar refractivity (Wildman–Crippen MR) is 73.2 cm³/mol. The summed E-state index contributed by atoms with van der Waals surface area (Å²) in [5.74, 6) is 5.56. The van der Waals surface area contributed by atoms with Crippen molar-refractivity contribution in [1.29, 1.82) is 0 Å². The monoisotopic (exact) mass is 264 g/mol. The van der Waals surface area contributed by atoms with Crippen LogP contribution in [0.3, 0.4) is 0 Å². The Hall–Kier alpha value is -1.29. The minimum absolute atomic E-state index is 0.0416. The van der Waals surface area contributed by atoms with E-state index in [-0.39, 0.29) is 6.04 Å². The second kappa shape index (κ2) is 6.59. The molecule has 2 rings (SSSR count). The Kier molecular flexibility index (Phi) is 4.81. The summed E-state index contributed by atoms with van der Waals surface area (Å²) < 4.78 is 5.08. The molecule has 1 aromatic heterocycles. The SMILES string of the molecule is NNC(CCCc1ccccc1)c1ccoc1Cl. The summed E-state index contributed by atoms with van der Waals surface area (Å²) in [4.78, 5) is 0. The van der Waals surface area contributed by atoms with E-state index in [1.165, 1.54) is 5.56 Å². The second-order valence-electron chi connectivity index (χ2n) is 4.25. The van der Waals surface area contributed by atoms with Gasteiger partial charge in [0.2, 0.25) is 0 Å². The molecule has 4 heteroatoms. The van der Waals surface area contributed by atoms with E-state index in [1.807, 2.05) is 12.1 Å². The Bertz CT molecular complexity index is 470. The number of halogens is 1. The van der Waals surface area contributed by atoms with Crippen LogP contribution < -0.4 is 11.3 Å². The third kappa shape index (κ3) is 3.35. The van der Waals surface area contributed by atoms with Crippen molar-refractivity contribution < 1.29 is 4.42 Å². The first-order chi connectivity index (χ1) is 8.81. The van der Waals surface area contributed by atoms with E-state index in [9.17, 15) is 0 Å². The van der Waals surface area contributed by atoms with Crippen LogP contribution in [0.5, 0.6) is 0 Å².